The van der Waals surface area contributed by atoms with Gasteiger partial charge in [-0.15, -0.1) is 5.10 Å². The number of rotatable bonds is 7. The van der Waals surface area contributed by atoms with Crippen LogP contribution in [0.25, 0.3) is 11.3 Å². The number of carbonyl (C=O) groups excluding carboxylic acids is 1. The fourth-order valence-electron chi connectivity index (χ4n) is 5.89. The Kier molecular flexibility index (Phi) is 8.00. The van der Waals surface area contributed by atoms with Gasteiger partial charge in [0.2, 0.25) is 5.91 Å². The van der Waals surface area contributed by atoms with Crippen LogP contribution in [0.3, 0.4) is 0 Å². The van der Waals surface area contributed by atoms with Crippen LogP contribution in [0.15, 0.2) is 18.3 Å². The number of amides is 1. The Bertz CT molecular complexity index is 1120. The highest BCUT2D eigenvalue weighted by Gasteiger charge is 2.48. The monoisotopic (exact) mass is 539 g/mol. The summed E-state index contributed by atoms with van der Waals surface area (Å²) in [6.45, 7) is 0.530. The van der Waals surface area contributed by atoms with E-state index in [-0.39, 0.29) is 29.8 Å². The van der Waals surface area contributed by atoms with Crippen LogP contribution in [0.2, 0.25) is 0 Å². The van der Waals surface area contributed by atoms with E-state index >= 15 is 0 Å². The molecule has 5 atom stereocenters. The van der Waals surface area contributed by atoms with Gasteiger partial charge in [-0.3, -0.25) is 9.69 Å². The van der Waals surface area contributed by atoms with Gasteiger partial charge in [-0.05, 0) is 25.0 Å². The topological polar surface area (TPSA) is 113 Å². The molecule has 1 saturated carbocycles. The highest BCUT2D eigenvalue weighted by Crippen LogP contribution is 2.34. The molecule has 2 aromatic rings. The van der Waals surface area contributed by atoms with E-state index < -0.39 is 54.5 Å². The first-order valence-corrected chi connectivity index (χ1v) is 12.9. The van der Waals surface area contributed by atoms with Crippen molar-refractivity contribution in [3.8, 4) is 11.3 Å². The third-order valence-corrected chi connectivity index (χ3v) is 7.82. The molecule has 13 heteroatoms. The molecule has 3 aliphatic rings. The number of ether oxygens (including phenoxy) is 2. The quantitative estimate of drug-likeness (QED) is 0.509. The lowest BCUT2D eigenvalue weighted by molar-refractivity contribution is -0.216. The number of benzene rings is 1. The van der Waals surface area contributed by atoms with Crippen LogP contribution in [0.5, 0.6) is 0 Å². The third kappa shape index (κ3) is 5.17. The van der Waals surface area contributed by atoms with Crippen molar-refractivity contribution in [2.24, 2.45) is 0 Å². The summed E-state index contributed by atoms with van der Waals surface area (Å²) in [7, 11) is 1.45. The zero-order valence-electron chi connectivity index (χ0n) is 21.0. The second kappa shape index (κ2) is 11.3. The van der Waals surface area contributed by atoms with Gasteiger partial charge in [0.05, 0.1) is 32.1 Å². The molecular weight excluding hydrogens is 507 g/mol. The average molecular weight is 540 g/mol. The molecule has 0 spiro atoms. The van der Waals surface area contributed by atoms with Gasteiger partial charge in [0.15, 0.2) is 17.5 Å². The van der Waals surface area contributed by atoms with E-state index in [2.05, 4.69) is 10.3 Å². The standard InChI is InChI=1S/C25H32F3N5O5/c1-37-25-19(10-31-11-21(35)32(13-31)15-5-3-2-4-6-15)38-20(12-34)24(36)23(25)33-9-18(29-30-33)14-7-16(26)22(28)17(27)8-14/h7-9,15,19-20,23-25,34,36H,2-6,10-13H2,1H3/t19-,20-,23+,24+,25+/m1/s1. The summed E-state index contributed by atoms with van der Waals surface area (Å²) in [5, 5.41) is 28.9. The molecule has 10 nitrogen and oxygen atoms in total. The molecule has 3 heterocycles. The molecule has 2 aliphatic heterocycles. The minimum absolute atomic E-state index is 0.0307. The maximum Gasteiger partial charge on any atom is 0.238 e. The van der Waals surface area contributed by atoms with Gasteiger partial charge in [0, 0.05) is 25.3 Å². The SMILES string of the molecule is CO[C@@H]1[C@@H](n2cc(-c3cc(F)c(F)c(F)c3)nn2)[C@@H](O)[C@@H](CO)O[C@@H]1CN1CC(=O)N(C2CCCCC2)C1. The average Bonchev–Trinajstić information content (AvgIpc) is 3.54. The fourth-order valence-corrected chi connectivity index (χ4v) is 5.89. The first kappa shape index (κ1) is 27.0. The molecule has 1 amide bonds. The summed E-state index contributed by atoms with van der Waals surface area (Å²) < 4.78 is 54.0. The molecule has 38 heavy (non-hydrogen) atoms. The van der Waals surface area contributed by atoms with Crippen molar-refractivity contribution >= 4 is 5.91 Å². The first-order chi connectivity index (χ1) is 18.3. The number of hydrogen-bond donors (Lipinski definition) is 2. The predicted molar refractivity (Wildman–Crippen MR) is 127 cm³/mol. The molecule has 1 aromatic carbocycles. The fraction of sp³-hybridized carbons (Fsp3) is 0.640. The van der Waals surface area contributed by atoms with Crippen LogP contribution in [0, 0.1) is 17.5 Å². The van der Waals surface area contributed by atoms with Gasteiger partial charge < -0.3 is 24.6 Å². The minimum atomic E-state index is -1.59. The maximum atomic E-state index is 13.8. The highest BCUT2D eigenvalue weighted by molar-refractivity contribution is 5.80. The Labute approximate surface area is 217 Å². The molecule has 1 aromatic heterocycles. The molecule has 3 fully saturated rings. The lowest BCUT2D eigenvalue weighted by Gasteiger charge is -2.44. The summed E-state index contributed by atoms with van der Waals surface area (Å²) in [5.41, 5.74) is 0.0264. The van der Waals surface area contributed by atoms with Crippen molar-refractivity contribution in [1.82, 2.24) is 24.8 Å². The number of aliphatic hydroxyl groups is 2. The van der Waals surface area contributed by atoms with Crippen LogP contribution in [-0.4, -0.2) is 105 Å². The van der Waals surface area contributed by atoms with Crippen molar-refractivity contribution in [2.75, 3.05) is 33.5 Å². The van der Waals surface area contributed by atoms with Gasteiger partial charge in [0.1, 0.15) is 30.0 Å². The van der Waals surface area contributed by atoms with Crippen LogP contribution < -0.4 is 0 Å². The van der Waals surface area contributed by atoms with Gasteiger partial charge in [-0.2, -0.15) is 0 Å². The van der Waals surface area contributed by atoms with E-state index in [0.717, 1.165) is 37.8 Å². The van der Waals surface area contributed by atoms with Crippen molar-refractivity contribution in [2.45, 2.75) is 68.6 Å². The Morgan fingerprint density at radius 1 is 1.13 bits per heavy atom. The molecule has 1 aliphatic carbocycles. The zero-order chi connectivity index (χ0) is 27.0. The molecule has 5 rings (SSSR count). The lowest BCUT2D eigenvalue weighted by Crippen LogP contribution is -2.59. The number of nitrogens with zero attached hydrogens (tertiary/aromatic N) is 5. The Morgan fingerprint density at radius 3 is 2.50 bits per heavy atom. The van der Waals surface area contributed by atoms with Crippen molar-refractivity contribution in [3.63, 3.8) is 0 Å². The molecule has 208 valence electrons. The smallest absolute Gasteiger partial charge is 0.238 e. The number of carbonyl (C=O) groups is 1. The van der Waals surface area contributed by atoms with Crippen molar-refractivity contribution in [3.05, 3.63) is 35.8 Å². The molecule has 0 unspecified atom stereocenters. The Balaban J connectivity index is 1.36. The van der Waals surface area contributed by atoms with E-state index in [9.17, 15) is 28.2 Å². The van der Waals surface area contributed by atoms with Gasteiger partial charge in [-0.1, -0.05) is 24.5 Å². The maximum absolute atomic E-state index is 13.8. The largest absolute Gasteiger partial charge is 0.394 e. The summed E-state index contributed by atoms with van der Waals surface area (Å²) in [5.74, 6) is -4.25. The number of hydrogen-bond acceptors (Lipinski definition) is 8. The normalized spacial score (nSPS) is 29.4. The first-order valence-electron chi connectivity index (χ1n) is 12.9. The number of aliphatic hydroxyl groups excluding tert-OH is 2. The number of methoxy groups -OCH3 is 1. The third-order valence-electron chi connectivity index (χ3n) is 7.82. The summed E-state index contributed by atoms with van der Waals surface area (Å²) in [6.07, 6.45) is 3.15. The predicted octanol–water partition coefficient (Wildman–Crippen LogP) is 1.47. The summed E-state index contributed by atoms with van der Waals surface area (Å²) in [4.78, 5) is 16.7. The van der Waals surface area contributed by atoms with Crippen LogP contribution >= 0.6 is 0 Å². The molecule has 2 saturated heterocycles. The van der Waals surface area contributed by atoms with E-state index in [1.54, 1.807) is 0 Å². The van der Waals surface area contributed by atoms with E-state index in [4.69, 9.17) is 9.47 Å². The summed E-state index contributed by atoms with van der Waals surface area (Å²) >= 11 is 0. The van der Waals surface area contributed by atoms with E-state index in [1.807, 2.05) is 9.80 Å². The van der Waals surface area contributed by atoms with Crippen LogP contribution in [0.4, 0.5) is 13.2 Å². The van der Waals surface area contributed by atoms with E-state index in [0.29, 0.717) is 13.2 Å². The summed E-state index contributed by atoms with van der Waals surface area (Å²) in [6, 6.07) is 0.979. The van der Waals surface area contributed by atoms with E-state index in [1.165, 1.54) is 24.4 Å². The molecule has 0 bridgehead atoms. The second-order valence-electron chi connectivity index (χ2n) is 10.2. The van der Waals surface area contributed by atoms with Gasteiger partial charge in [0.25, 0.3) is 0 Å². The Hall–Kier alpha value is -2.58. The Morgan fingerprint density at radius 2 is 1.84 bits per heavy atom. The van der Waals surface area contributed by atoms with Crippen molar-refractivity contribution in [1.29, 1.82) is 0 Å². The number of halogens is 3. The molecule has 2 N–H and O–H groups in total. The van der Waals surface area contributed by atoms with Crippen molar-refractivity contribution < 1.29 is 37.7 Å². The highest BCUT2D eigenvalue weighted by atomic mass is 19.2. The number of aromatic nitrogens is 3. The second-order valence-corrected chi connectivity index (χ2v) is 10.2. The van der Waals surface area contributed by atoms with Gasteiger partial charge >= 0.3 is 0 Å². The van der Waals surface area contributed by atoms with Crippen LogP contribution in [0.1, 0.15) is 38.1 Å². The molecule has 0 radical (unpaired) electrons. The molecular formula is C25H32F3N5O5. The van der Waals surface area contributed by atoms with Crippen LogP contribution in [-0.2, 0) is 14.3 Å². The van der Waals surface area contributed by atoms with Gasteiger partial charge in [-0.25, -0.2) is 17.9 Å². The lowest BCUT2D eigenvalue weighted by atomic mass is 9.92. The minimum Gasteiger partial charge on any atom is -0.394 e. The zero-order valence-corrected chi connectivity index (χ0v) is 21.0.